The van der Waals surface area contributed by atoms with Crippen molar-refractivity contribution in [2.75, 3.05) is 20.2 Å². The highest BCUT2D eigenvalue weighted by molar-refractivity contribution is 5.75. The molecule has 0 aliphatic carbocycles. The zero-order valence-corrected chi connectivity index (χ0v) is 7.45. The van der Waals surface area contributed by atoms with Crippen LogP contribution >= 0.6 is 0 Å². The maximum atomic E-state index is 11.1. The lowest BCUT2D eigenvalue weighted by Gasteiger charge is -2.25. The molecule has 0 aromatic carbocycles. The number of piperidine rings is 1. The number of hydrogen-bond donors (Lipinski definition) is 2. The van der Waals surface area contributed by atoms with Crippen molar-refractivity contribution >= 4 is 11.9 Å². The van der Waals surface area contributed by atoms with Gasteiger partial charge < -0.3 is 15.2 Å². The van der Waals surface area contributed by atoms with Crippen LogP contribution in [0, 0.1) is 11.8 Å². The third-order valence-corrected chi connectivity index (χ3v) is 2.23. The summed E-state index contributed by atoms with van der Waals surface area (Å²) in [6, 6.07) is 0. The molecule has 1 rings (SSSR count). The van der Waals surface area contributed by atoms with E-state index >= 15 is 0 Å². The van der Waals surface area contributed by atoms with Crippen LogP contribution in [0.1, 0.15) is 6.42 Å². The predicted octanol–water partition coefficient (Wildman–Crippen LogP) is -0.530. The minimum atomic E-state index is -0.860. The summed E-state index contributed by atoms with van der Waals surface area (Å²) in [6.45, 7) is 0.944. The van der Waals surface area contributed by atoms with E-state index in [2.05, 4.69) is 10.1 Å². The van der Waals surface area contributed by atoms with Gasteiger partial charge in [-0.3, -0.25) is 9.59 Å². The minimum Gasteiger partial charge on any atom is -0.481 e. The van der Waals surface area contributed by atoms with Crippen LogP contribution in [-0.2, 0) is 14.3 Å². The zero-order chi connectivity index (χ0) is 9.84. The molecule has 1 aliphatic rings. The van der Waals surface area contributed by atoms with Gasteiger partial charge in [-0.1, -0.05) is 0 Å². The van der Waals surface area contributed by atoms with E-state index in [4.69, 9.17) is 5.11 Å². The van der Waals surface area contributed by atoms with E-state index in [1.165, 1.54) is 7.11 Å². The number of ether oxygens (including phenoxy) is 1. The van der Waals surface area contributed by atoms with Gasteiger partial charge in [0.15, 0.2) is 0 Å². The van der Waals surface area contributed by atoms with Crippen LogP contribution in [0.25, 0.3) is 0 Å². The van der Waals surface area contributed by atoms with Gasteiger partial charge in [-0.2, -0.15) is 0 Å². The molecule has 0 spiro atoms. The molecule has 0 aromatic heterocycles. The molecule has 5 nitrogen and oxygen atoms in total. The number of carbonyl (C=O) groups is 2. The molecule has 74 valence electrons. The van der Waals surface area contributed by atoms with E-state index in [1.54, 1.807) is 0 Å². The van der Waals surface area contributed by atoms with Crippen molar-refractivity contribution in [1.82, 2.24) is 5.32 Å². The van der Waals surface area contributed by atoms with Crippen molar-refractivity contribution in [3.05, 3.63) is 0 Å². The molecule has 0 bridgehead atoms. The number of aliphatic carboxylic acids is 1. The number of carboxylic acids is 1. The van der Waals surface area contributed by atoms with Crippen molar-refractivity contribution in [1.29, 1.82) is 0 Å². The summed E-state index contributed by atoms with van der Waals surface area (Å²) in [5, 5.41) is 11.6. The maximum Gasteiger partial charge on any atom is 0.309 e. The van der Waals surface area contributed by atoms with Crippen molar-refractivity contribution in [2.24, 2.45) is 11.8 Å². The second-order valence-corrected chi connectivity index (χ2v) is 3.15. The first-order chi connectivity index (χ1) is 6.15. The molecule has 1 fully saturated rings. The van der Waals surface area contributed by atoms with Crippen LogP contribution in [0.15, 0.2) is 0 Å². The normalized spacial score (nSPS) is 28.1. The number of carboxylic acid groups (broad SMARTS) is 1. The summed E-state index contributed by atoms with van der Waals surface area (Å²) in [6.07, 6.45) is 0.370. The Morgan fingerprint density at radius 3 is 2.54 bits per heavy atom. The molecule has 2 atom stereocenters. The molecule has 5 heteroatoms. The van der Waals surface area contributed by atoms with Gasteiger partial charge in [0, 0.05) is 13.1 Å². The number of esters is 1. The quantitative estimate of drug-likeness (QED) is 0.568. The van der Waals surface area contributed by atoms with E-state index in [9.17, 15) is 9.59 Å². The molecule has 0 unspecified atom stereocenters. The fourth-order valence-electron chi connectivity index (χ4n) is 1.48. The molecular formula is C8H13NO4. The smallest absolute Gasteiger partial charge is 0.309 e. The SMILES string of the molecule is COC(=O)[C@@H]1CNC[C@H](C(=O)O)C1. The number of nitrogens with one attached hydrogen (secondary N) is 1. The Morgan fingerprint density at radius 2 is 2.00 bits per heavy atom. The van der Waals surface area contributed by atoms with Crippen LogP contribution in [0.5, 0.6) is 0 Å². The van der Waals surface area contributed by atoms with Crippen LogP contribution in [0.4, 0.5) is 0 Å². The third-order valence-electron chi connectivity index (χ3n) is 2.23. The Kier molecular flexibility index (Phi) is 3.25. The summed E-state index contributed by atoms with van der Waals surface area (Å²) in [7, 11) is 1.31. The fourth-order valence-corrected chi connectivity index (χ4v) is 1.48. The minimum absolute atomic E-state index is 0.320. The first-order valence-electron chi connectivity index (χ1n) is 4.16. The van der Waals surface area contributed by atoms with Gasteiger partial charge in [-0.05, 0) is 6.42 Å². The lowest BCUT2D eigenvalue weighted by atomic mass is 9.91. The molecule has 1 saturated heterocycles. The maximum absolute atomic E-state index is 11.1. The van der Waals surface area contributed by atoms with Gasteiger partial charge in [0.1, 0.15) is 0 Å². The van der Waals surface area contributed by atoms with Crippen molar-refractivity contribution in [3.63, 3.8) is 0 Å². The Balaban J connectivity index is 2.51. The topological polar surface area (TPSA) is 75.6 Å². The van der Waals surface area contributed by atoms with Gasteiger partial charge in [0.2, 0.25) is 0 Å². The van der Waals surface area contributed by atoms with Gasteiger partial charge in [-0.25, -0.2) is 0 Å². The first kappa shape index (κ1) is 9.98. The standard InChI is InChI=1S/C8H13NO4/c1-13-8(12)6-2-5(7(10)11)3-9-4-6/h5-6,9H,2-4H2,1H3,(H,10,11)/t5-,6+/m1/s1. The molecule has 0 radical (unpaired) electrons. The Morgan fingerprint density at radius 1 is 1.38 bits per heavy atom. The monoisotopic (exact) mass is 187 g/mol. The predicted molar refractivity (Wildman–Crippen MR) is 44.1 cm³/mol. The molecule has 0 amide bonds. The van der Waals surface area contributed by atoms with Crippen molar-refractivity contribution < 1.29 is 19.4 Å². The van der Waals surface area contributed by atoms with Crippen LogP contribution in [-0.4, -0.2) is 37.2 Å². The van der Waals surface area contributed by atoms with Crippen LogP contribution in [0.2, 0.25) is 0 Å². The van der Waals surface area contributed by atoms with E-state index in [-0.39, 0.29) is 11.9 Å². The largest absolute Gasteiger partial charge is 0.481 e. The average molecular weight is 187 g/mol. The summed E-state index contributed by atoms with van der Waals surface area (Å²) in [5.74, 6) is -1.99. The number of rotatable bonds is 2. The Hall–Kier alpha value is -1.10. The van der Waals surface area contributed by atoms with Gasteiger partial charge >= 0.3 is 11.9 Å². The van der Waals surface area contributed by atoms with E-state index in [1.807, 2.05) is 0 Å². The third kappa shape index (κ3) is 2.42. The van der Waals surface area contributed by atoms with Crippen molar-refractivity contribution in [2.45, 2.75) is 6.42 Å². The van der Waals surface area contributed by atoms with Gasteiger partial charge in [0.05, 0.1) is 18.9 Å². The van der Waals surface area contributed by atoms with Gasteiger partial charge in [-0.15, -0.1) is 0 Å². The highest BCUT2D eigenvalue weighted by Crippen LogP contribution is 2.17. The number of methoxy groups -OCH3 is 1. The van der Waals surface area contributed by atoms with Crippen molar-refractivity contribution in [3.8, 4) is 0 Å². The summed E-state index contributed by atoms with van der Waals surface area (Å²) >= 11 is 0. The highest BCUT2D eigenvalue weighted by atomic mass is 16.5. The first-order valence-corrected chi connectivity index (χ1v) is 4.16. The molecule has 13 heavy (non-hydrogen) atoms. The summed E-state index contributed by atoms with van der Waals surface area (Å²) in [4.78, 5) is 21.7. The fraction of sp³-hybridized carbons (Fsp3) is 0.750. The molecule has 1 aliphatic heterocycles. The molecule has 0 aromatic rings. The van der Waals surface area contributed by atoms with Crippen LogP contribution < -0.4 is 5.32 Å². The Bertz CT molecular complexity index is 216. The van der Waals surface area contributed by atoms with E-state index in [0.717, 1.165) is 0 Å². The van der Waals surface area contributed by atoms with E-state index in [0.29, 0.717) is 19.5 Å². The summed E-state index contributed by atoms with van der Waals surface area (Å²) < 4.78 is 4.55. The van der Waals surface area contributed by atoms with E-state index < -0.39 is 11.9 Å². The second-order valence-electron chi connectivity index (χ2n) is 3.15. The summed E-state index contributed by atoms with van der Waals surface area (Å²) in [5.41, 5.74) is 0. The number of hydrogen-bond acceptors (Lipinski definition) is 4. The van der Waals surface area contributed by atoms with Gasteiger partial charge in [0.25, 0.3) is 0 Å². The molecule has 0 saturated carbocycles. The lowest BCUT2D eigenvalue weighted by Crippen LogP contribution is -2.42. The van der Waals surface area contributed by atoms with Crippen LogP contribution in [0.3, 0.4) is 0 Å². The molecular weight excluding hydrogens is 174 g/mol. The number of carbonyl (C=O) groups excluding carboxylic acids is 1. The highest BCUT2D eigenvalue weighted by Gasteiger charge is 2.31. The Labute approximate surface area is 76.1 Å². The average Bonchev–Trinajstić information content (AvgIpc) is 2.17. The second kappa shape index (κ2) is 4.23. The molecule has 1 heterocycles. The zero-order valence-electron chi connectivity index (χ0n) is 7.45. The lowest BCUT2D eigenvalue weighted by molar-refractivity contribution is -0.149. The molecule has 2 N–H and O–H groups in total.